The molecule has 0 radical (unpaired) electrons. The van der Waals surface area contributed by atoms with E-state index < -0.39 is 23.7 Å². The molecule has 4 nitrogen and oxygen atoms in total. The average Bonchev–Trinajstić information content (AvgIpc) is 3.06. The van der Waals surface area contributed by atoms with Crippen molar-refractivity contribution in [3.8, 4) is 17.2 Å². The van der Waals surface area contributed by atoms with E-state index in [1.165, 1.54) is 21.5 Å². The molecule has 5 aromatic carbocycles. The highest BCUT2D eigenvalue weighted by Gasteiger charge is 2.40. The van der Waals surface area contributed by atoms with Gasteiger partial charge in [-0.25, -0.2) is 8.51 Å². The molecule has 1 aliphatic rings. The molecule has 5 aromatic rings. The molecule has 0 saturated heterocycles. The number of ether oxygens (including phenoxy) is 2. The first-order valence-electron chi connectivity index (χ1n) is 15.7. The first-order chi connectivity index (χ1) is 22.0. The second-order valence-corrected chi connectivity index (χ2v) is 17.7. The van der Waals surface area contributed by atoms with Crippen LogP contribution in [0.5, 0.6) is 17.2 Å². The summed E-state index contributed by atoms with van der Waals surface area (Å²) in [5.41, 5.74) is 3.95. The van der Waals surface area contributed by atoms with Crippen LogP contribution in [0.15, 0.2) is 121 Å². The molecule has 2 atom stereocenters. The van der Waals surface area contributed by atoms with Gasteiger partial charge in [0.2, 0.25) is 0 Å². The lowest BCUT2D eigenvalue weighted by Gasteiger charge is -2.40. The van der Waals surface area contributed by atoms with E-state index in [-0.39, 0.29) is 11.5 Å². The van der Waals surface area contributed by atoms with Crippen molar-refractivity contribution in [1.82, 2.24) is 4.31 Å². The van der Waals surface area contributed by atoms with Crippen LogP contribution in [0.2, 0.25) is 0 Å². The van der Waals surface area contributed by atoms with E-state index in [0.29, 0.717) is 0 Å². The minimum atomic E-state index is -1.30. The summed E-state index contributed by atoms with van der Waals surface area (Å²) in [6.45, 7) is 10.6. The summed E-state index contributed by atoms with van der Waals surface area (Å²) in [4.78, 5) is 0. The summed E-state index contributed by atoms with van der Waals surface area (Å²) in [5, 5.41) is 3.73. The largest absolute Gasteiger partial charge is 0.497 e. The van der Waals surface area contributed by atoms with Crippen LogP contribution >= 0.6 is 7.92 Å². The molecule has 1 aliphatic heterocycles. The fourth-order valence-electron chi connectivity index (χ4n) is 6.40. The molecule has 0 fully saturated rings. The monoisotopic (exact) mass is 647 g/mol. The van der Waals surface area contributed by atoms with Crippen LogP contribution < -0.4 is 25.4 Å². The van der Waals surface area contributed by atoms with E-state index in [9.17, 15) is 4.21 Å². The molecule has 6 heteroatoms. The van der Waals surface area contributed by atoms with Gasteiger partial charge < -0.3 is 9.47 Å². The lowest BCUT2D eigenvalue weighted by Crippen LogP contribution is -2.38. The lowest BCUT2D eigenvalue weighted by atomic mass is 9.74. The second kappa shape index (κ2) is 12.8. The molecule has 6 rings (SSSR count). The molecule has 0 spiro atoms. The molecule has 1 heterocycles. The van der Waals surface area contributed by atoms with Gasteiger partial charge in [0.05, 0.1) is 17.9 Å². The van der Waals surface area contributed by atoms with Crippen LogP contribution in [0.3, 0.4) is 0 Å². The van der Waals surface area contributed by atoms with Gasteiger partial charge in [-0.15, -0.1) is 0 Å². The topological polar surface area (TPSA) is 38.8 Å². The Bertz CT molecular complexity index is 1810. The van der Waals surface area contributed by atoms with E-state index in [1.807, 2.05) is 44.3 Å². The lowest BCUT2D eigenvalue weighted by molar-refractivity contribution is 0.389. The Morgan fingerprint density at radius 3 is 1.83 bits per heavy atom. The quantitative estimate of drug-likeness (QED) is 0.159. The first-order valence-corrected chi connectivity index (χ1v) is 18.1. The van der Waals surface area contributed by atoms with Crippen molar-refractivity contribution in [2.45, 2.75) is 50.8 Å². The van der Waals surface area contributed by atoms with E-state index in [4.69, 9.17) is 9.47 Å². The molecular formula is C40H42NO3PS. The smallest absolute Gasteiger partial charge is 0.139 e. The van der Waals surface area contributed by atoms with E-state index in [2.05, 4.69) is 123 Å². The minimum absolute atomic E-state index is 0.324. The van der Waals surface area contributed by atoms with Crippen molar-refractivity contribution < 1.29 is 13.7 Å². The summed E-state index contributed by atoms with van der Waals surface area (Å²) in [6.07, 6.45) is 0. The normalized spacial score (nSPS) is 15.1. The SMILES string of the molecule is COc1ccc([C@H](c2cccc3c2Oc2c(P(c4ccccc4)c4ccccc4)cccc2C3(C)C)N(C)[S@](=O)C(C)(C)C)cc1. The molecule has 0 aliphatic carbocycles. The summed E-state index contributed by atoms with van der Waals surface area (Å²) in [7, 11) is 1.42. The Morgan fingerprint density at radius 1 is 0.739 bits per heavy atom. The summed E-state index contributed by atoms with van der Waals surface area (Å²) in [5.74, 6) is 2.53. The van der Waals surface area contributed by atoms with E-state index >= 15 is 0 Å². The van der Waals surface area contributed by atoms with Crippen molar-refractivity contribution >= 4 is 34.8 Å². The molecule has 0 aromatic heterocycles. The standard InChI is InChI=1S/C40H42NO3PS/c1-39(2,3)46(42)41(6)36(28-24-26-29(43-7)27-25-28)32-20-14-21-33-37(32)44-38-34(40(33,4)5)22-15-23-35(38)45(30-16-10-8-11-17-30)31-18-12-9-13-19-31/h8-27,36H,1-7H3/t36-,46-/m1/s1. The first kappa shape index (κ1) is 32.2. The highest BCUT2D eigenvalue weighted by atomic mass is 32.2. The highest BCUT2D eigenvalue weighted by molar-refractivity contribution is 7.84. The van der Waals surface area contributed by atoms with Gasteiger partial charge in [0, 0.05) is 34.5 Å². The maximum absolute atomic E-state index is 14.0. The molecule has 0 bridgehead atoms. The van der Waals surface area contributed by atoms with Crippen molar-refractivity contribution in [3.63, 3.8) is 0 Å². The summed E-state index contributed by atoms with van der Waals surface area (Å²) < 4.78 is 28.2. The Labute approximate surface area is 277 Å². The number of hydrogen-bond acceptors (Lipinski definition) is 3. The Kier molecular flexibility index (Phi) is 8.95. The van der Waals surface area contributed by atoms with Crippen LogP contribution in [0.25, 0.3) is 0 Å². The van der Waals surface area contributed by atoms with Crippen LogP contribution in [0.1, 0.15) is 62.9 Å². The number of para-hydroxylation sites is 2. The number of methoxy groups -OCH3 is 1. The van der Waals surface area contributed by atoms with Crippen LogP contribution in [-0.4, -0.2) is 27.4 Å². The van der Waals surface area contributed by atoms with Gasteiger partial charge in [0.1, 0.15) is 28.2 Å². The molecule has 46 heavy (non-hydrogen) atoms. The Balaban J connectivity index is 1.57. The zero-order valence-electron chi connectivity index (χ0n) is 27.7. The predicted molar refractivity (Wildman–Crippen MR) is 194 cm³/mol. The number of hydrogen-bond donors (Lipinski definition) is 0. The van der Waals surface area contributed by atoms with Gasteiger partial charge in [-0.1, -0.05) is 123 Å². The van der Waals surface area contributed by atoms with E-state index in [0.717, 1.165) is 33.9 Å². The summed E-state index contributed by atoms with van der Waals surface area (Å²) >= 11 is 0. The fourth-order valence-corrected chi connectivity index (χ4v) is 10.1. The van der Waals surface area contributed by atoms with Crippen LogP contribution in [0, 0.1) is 0 Å². The third-order valence-corrected chi connectivity index (χ3v) is 13.0. The summed E-state index contributed by atoms with van der Waals surface area (Å²) in [6, 6.07) is 42.3. The number of benzene rings is 5. The molecule has 236 valence electrons. The third-order valence-electron chi connectivity index (χ3n) is 8.74. The van der Waals surface area contributed by atoms with Gasteiger partial charge in [-0.2, -0.15) is 0 Å². The second-order valence-electron chi connectivity index (χ2n) is 13.2. The van der Waals surface area contributed by atoms with Crippen molar-refractivity contribution in [3.05, 3.63) is 144 Å². The number of nitrogens with zero attached hydrogens (tertiary/aromatic N) is 1. The molecule has 0 saturated carbocycles. The van der Waals surface area contributed by atoms with Crippen LogP contribution in [0.4, 0.5) is 0 Å². The Morgan fingerprint density at radius 2 is 1.28 bits per heavy atom. The van der Waals surface area contributed by atoms with Crippen molar-refractivity contribution in [2.24, 2.45) is 0 Å². The van der Waals surface area contributed by atoms with Gasteiger partial charge in [-0.3, -0.25) is 0 Å². The van der Waals surface area contributed by atoms with Crippen molar-refractivity contribution in [1.29, 1.82) is 0 Å². The van der Waals surface area contributed by atoms with E-state index in [1.54, 1.807) is 7.11 Å². The van der Waals surface area contributed by atoms with Crippen molar-refractivity contribution in [2.75, 3.05) is 14.2 Å². The molecular weight excluding hydrogens is 605 g/mol. The zero-order chi connectivity index (χ0) is 32.6. The molecule has 0 N–H and O–H groups in total. The minimum Gasteiger partial charge on any atom is -0.497 e. The Hall–Kier alpha value is -3.76. The molecule has 0 unspecified atom stereocenters. The maximum atomic E-state index is 14.0. The fraction of sp³-hybridized carbons (Fsp3) is 0.250. The number of fused-ring (bicyclic) bond motifs is 2. The third kappa shape index (κ3) is 5.93. The van der Waals surface area contributed by atoms with Gasteiger partial charge in [-0.05, 0) is 57.0 Å². The van der Waals surface area contributed by atoms with Gasteiger partial charge in [0.15, 0.2) is 0 Å². The van der Waals surface area contributed by atoms with Crippen LogP contribution in [-0.2, 0) is 16.4 Å². The molecule has 0 amide bonds. The van der Waals surface area contributed by atoms with Gasteiger partial charge in [0.25, 0.3) is 0 Å². The zero-order valence-corrected chi connectivity index (χ0v) is 29.4. The average molecular weight is 648 g/mol. The predicted octanol–water partition coefficient (Wildman–Crippen LogP) is 8.37. The highest BCUT2D eigenvalue weighted by Crippen LogP contribution is 2.53. The maximum Gasteiger partial charge on any atom is 0.139 e. The number of rotatable bonds is 8. The van der Waals surface area contributed by atoms with Gasteiger partial charge >= 0.3 is 0 Å².